The first-order chi connectivity index (χ1) is 8.26. The van der Waals surface area contributed by atoms with E-state index in [9.17, 15) is 5.11 Å². The largest absolute Gasteiger partial charge is 0.396 e. The van der Waals surface area contributed by atoms with Crippen LogP contribution in [0.25, 0.3) is 0 Å². The minimum absolute atomic E-state index is 0.0872. The van der Waals surface area contributed by atoms with Gasteiger partial charge in [0.05, 0.1) is 6.10 Å². The second-order valence-corrected chi connectivity index (χ2v) is 5.32. The lowest BCUT2D eigenvalue weighted by molar-refractivity contribution is 0.0992. The van der Waals surface area contributed by atoms with Crippen LogP contribution in [-0.4, -0.2) is 37.5 Å². The number of hydrogen-bond donors (Lipinski definition) is 2. The average molecular weight is 243 g/mol. The van der Waals surface area contributed by atoms with Crippen LogP contribution in [0.3, 0.4) is 0 Å². The summed E-state index contributed by atoms with van der Waals surface area (Å²) in [6.07, 6.45) is 7.42. The third-order valence-electron chi connectivity index (χ3n) is 4.24. The molecule has 3 heteroatoms. The summed E-state index contributed by atoms with van der Waals surface area (Å²) >= 11 is 0. The molecule has 0 aromatic rings. The molecule has 1 saturated heterocycles. The molecule has 0 amide bonds. The lowest BCUT2D eigenvalue weighted by Gasteiger charge is -2.29. The maximum atomic E-state index is 9.45. The van der Waals surface area contributed by atoms with Gasteiger partial charge in [0.1, 0.15) is 0 Å². The molecule has 102 valence electrons. The zero-order chi connectivity index (χ0) is 12.6. The molecule has 0 radical (unpaired) electrons. The number of hydrogen-bond acceptors (Lipinski definition) is 3. The highest BCUT2D eigenvalue weighted by Gasteiger charge is 2.24. The van der Waals surface area contributed by atoms with Crippen LogP contribution in [-0.2, 0) is 4.74 Å². The Balaban J connectivity index is 2.05. The lowest BCUT2D eigenvalue weighted by Crippen LogP contribution is -2.37. The van der Waals surface area contributed by atoms with E-state index in [1.807, 2.05) is 0 Å². The molecule has 0 aromatic carbocycles. The molecule has 1 fully saturated rings. The van der Waals surface area contributed by atoms with Crippen LogP contribution in [0.1, 0.15) is 52.4 Å². The zero-order valence-corrected chi connectivity index (χ0v) is 11.5. The van der Waals surface area contributed by atoms with Crippen molar-refractivity contribution in [1.82, 2.24) is 5.32 Å². The first-order valence-corrected chi connectivity index (χ1v) is 7.19. The second kappa shape index (κ2) is 8.06. The summed E-state index contributed by atoms with van der Waals surface area (Å²) in [6.45, 7) is 7.54. The van der Waals surface area contributed by atoms with E-state index in [0.717, 1.165) is 32.5 Å². The predicted octanol–water partition coefficient (Wildman–Crippen LogP) is 2.33. The molecule has 0 saturated carbocycles. The summed E-state index contributed by atoms with van der Waals surface area (Å²) in [5.74, 6) is 0. The fourth-order valence-corrected chi connectivity index (χ4v) is 2.46. The molecule has 0 aromatic heterocycles. The van der Waals surface area contributed by atoms with Gasteiger partial charge in [-0.25, -0.2) is 0 Å². The molecule has 0 spiro atoms. The number of aliphatic hydroxyl groups is 1. The maximum Gasteiger partial charge on any atom is 0.0576 e. The molecule has 3 nitrogen and oxygen atoms in total. The van der Waals surface area contributed by atoms with Crippen LogP contribution in [0, 0.1) is 5.41 Å². The zero-order valence-electron chi connectivity index (χ0n) is 11.5. The van der Waals surface area contributed by atoms with Crippen molar-refractivity contribution in [2.24, 2.45) is 5.41 Å². The molecule has 17 heavy (non-hydrogen) atoms. The Morgan fingerprint density at radius 1 is 1.35 bits per heavy atom. The van der Waals surface area contributed by atoms with Crippen LogP contribution < -0.4 is 5.32 Å². The minimum atomic E-state index is 0.0872. The quantitative estimate of drug-likeness (QED) is 0.611. The van der Waals surface area contributed by atoms with Gasteiger partial charge in [0.15, 0.2) is 0 Å². The van der Waals surface area contributed by atoms with Crippen LogP contribution in [0.5, 0.6) is 0 Å². The Kier molecular flexibility index (Phi) is 7.09. The molecular weight excluding hydrogens is 214 g/mol. The molecule has 1 atom stereocenters. The molecular formula is C14H29NO2. The smallest absolute Gasteiger partial charge is 0.0576 e. The molecule has 1 unspecified atom stereocenters. The van der Waals surface area contributed by atoms with Crippen LogP contribution in [0.15, 0.2) is 0 Å². The van der Waals surface area contributed by atoms with Crippen molar-refractivity contribution in [3.8, 4) is 0 Å². The molecule has 2 N–H and O–H groups in total. The van der Waals surface area contributed by atoms with Crippen molar-refractivity contribution in [2.75, 3.05) is 26.3 Å². The van der Waals surface area contributed by atoms with Crippen LogP contribution in [0.2, 0.25) is 0 Å². The van der Waals surface area contributed by atoms with Crippen LogP contribution >= 0.6 is 0 Å². The fraction of sp³-hybridized carbons (Fsp3) is 1.00. The monoisotopic (exact) mass is 243 g/mol. The third kappa shape index (κ3) is 4.94. The molecule has 1 aliphatic rings. The fourth-order valence-electron chi connectivity index (χ4n) is 2.46. The van der Waals surface area contributed by atoms with E-state index in [4.69, 9.17) is 4.74 Å². The Morgan fingerprint density at radius 3 is 2.65 bits per heavy atom. The van der Waals surface area contributed by atoms with Gasteiger partial charge in [0.25, 0.3) is 0 Å². The highest BCUT2D eigenvalue weighted by Crippen LogP contribution is 2.24. The first-order valence-electron chi connectivity index (χ1n) is 7.19. The highest BCUT2D eigenvalue weighted by molar-refractivity contribution is 4.78. The summed E-state index contributed by atoms with van der Waals surface area (Å²) in [7, 11) is 0. The van der Waals surface area contributed by atoms with E-state index in [0.29, 0.717) is 12.7 Å². The number of nitrogens with one attached hydrogen (secondary N) is 1. The summed E-state index contributed by atoms with van der Waals surface area (Å²) in [5.41, 5.74) is 0.0872. The number of ether oxygens (including phenoxy) is 1. The van der Waals surface area contributed by atoms with Gasteiger partial charge in [-0.2, -0.15) is 0 Å². The highest BCUT2D eigenvalue weighted by atomic mass is 16.5. The maximum absolute atomic E-state index is 9.45. The predicted molar refractivity (Wildman–Crippen MR) is 71.2 cm³/mol. The second-order valence-electron chi connectivity index (χ2n) is 5.32. The van der Waals surface area contributed by atoms with Gasteiger partial charge in [-0.3, -0.25) is 0 Å². The normalized spacial score (nSPS) is 21.0. The van der Waals surface area contributed by atoms with E-state index < -0.39 is 0 Å². The van der Waals surface area contributed by atoms with E-state index in [-0.39, 0.29) is 5.41 Å². The van der Waals surface area contributed by atoms with E-state index in [1.165, 1.54) is 25.7 Å². The Bertz CT molecular complexity index is 178. The van der Waals surface area contributed by atoms with E-state index in [2.05, 4.69) is 19.2 Å². The Labute approximate surface area is 106 Å². The van der Waals surface area contributed by atoms with Gasteiger partial charge >= 0.3 is 0 Å². The first kappa shape index (κ1) is 14.9. The molecule has 0 bridgehead atoms. The van der Waals surface area contributed by atoms with Crippen molar-refractivity contribution >= 4 is 0 Å². The number of aliphatic hydroxyl groups excluding tert-OH is 1. The van der Waals surface area contributed by atoms with E-state index in [1.54, 1.807) is 0 Å². The van der Waals surface area contributed by atoms with Gasteiger partial charge in [-0.05, 0) is 45.1 Å². The minimum Gasteiger partial charge on any atom is -0.396 e. The Hall–Kier alpha value is -0.120. The van der Waals surface area contributed by atoms with Gasteiger partial charge in [0.2, 0.25) is 0 Å². The summed E-state index contributed by atoms with van der Waals surface area (Å²) in [4.78, 5) is 0. The molecule has 0 aliphatic carbocycles. The molecule has 1 heterocycles. The van der Waals surface area contributed by atoms with Gasteiger partial charge in [-0.15, -0.1) is 0 Å². The van der Waals surface area contributed by atoms with Crippen molar-refractivity contribution in [3.63, 3.8) is 0 Å². The lowest BCUT2D eigenvalue weighted by atomic mass is 9.83. The number of rotatable bonds is 9. The summed E-state index contributed by atoms with van der Waals surface area (Å²) in [6, 6.07) is 0. The van der Waals surface area contributed by atoms with E-state index >= 15 is 0 Å². The topological polar surface area (TPSA) is 41.5 Å². The SMILES string of the molecule is CCC(CC)(CO)CNCCCC1CCCO1. The molecule has 1 rings (SSSR count). The molecule has 1 aliphatic heterocycles. The van der Waals surface area contributed by atoms with Gasteiger partial charge in [0, 0.05) is 25.2 Å². The third-order valence-corrected chi connectivity index (χ3v) is 4.24. The van der Waals surface area contributed by atoms with Gasteiger partial charge < -0.3 is 15.2 Å². The van der Waals surface area contributed by atoms with Crippen molar-refractivity contribution < 1.29 is 9.84 Å². The van der Waals surface area contributed by atoms with Crippen LogP contribution in [0.4, 0.5) is 0 Å². The standard InChI is InChI=1S/C14H29NO2/c1-3-14(4-2,12-16)11-15-9-5-7-13-8-6-10-17-13/h13,15-16H,3-12H2,1-2H3. The summed E-state index contributed by atoms with van der Waals surface area (Å²) < 4.78 is 5.60. The van der Waals surface area contributed by atoms with Crippen molar-refractivity contribution in [3.05, 3.63) is 0 Å². The summed E-state index contributed by atoms with van der Waals surface area (Å²) in [5, 5.41) is 12.9. The van der Waals surface area contributed by atoms with Crippen molar-refractivity contribution in [1.29, 1.82) is 0 Å². The van der Waals surface area contributed by atoms with Crippen molar-refractivity contribution in [2.45, 2.75) is 58.5 Å². The average Bonchev–Trinajstić information content (AvgIpc) is 2.88. The Morgan fingerprint density at radius 2 is 2.12 bits per heavy atom. The van der Waals surface area contributed by atoms with Gasteiger partial charge in [-0.1, -0.05) is 13.8 Å².